The zero-order chi connectivity index (χ0) is 13.1. The molecule has 0 saturated carbocycles. The average Bonchev–Trinajstić information content (AvgIpc) is 2.31. The van der Waals surface area contributed by atoms with Gasteiger partial charge in [-0.1, -0.05) is 17.7 Å². The van der Waals surface area contributed by atoms with Gasteiger partial charge in [0.15, 0.2) is 0 Å². The summed E-state index contributed by atoms with van der Waals surface area (Å²) in [6.07, 6.45) is 1.18. The number of pyridine rings is 1. The van der Waals surface area contributed by atoms with E-state index >= 15 is 0 Å². The fourth-order valence-corrected chi connectivity index (χ4v) is 1.56. The van der Waals surface area contributed by atoms with E-state index in [4.69, 9.17) is 16.7 Å². The lowest BCUT2D eigenvalue weighted by atomic mass is 10.2. The first-order valence-electron chi connectivity index (χ1n) is 4.97. The van der Waals surface area contributed by atoms with Gasteiger partial charge in [-0.05, 0) is 24.3 Å². The van der Waals surface area contributed by atoms with Gasteiger partial charge in [0.1, 0.15) is 11.6 Å². The van der Waals surface area contributed by atoms with Crippen molar-refractivity contribution in [2.75, 3.05) is 5.32 Å². The third kappa shape index (κ3) is 2.75. The van der Waals surface area contributed by atoms with Crippen LogP contribution in [0.15, 0.2) is 36.5 Å². The van der Waals surface area contributed by atoms with Crippen LogP contribution in [-0.2, 0) is 0 Å². The molecule has 0 amide bonds. The Morgan fingerprint density at radius 3 is 2.78 bits per heavy atom. The number of carboxylic acid groups (broad SMARTS) is 1. The van der Waals surface area contributed by atoms with Crippen molar-refractivity contribution in [3.63, 3.8) is 0 Å². The molecule has 0 unspecified atom stereocenters. The van der Waals surface area contributed by atoms with Gasteiger partial charge < -0.3 is 10.4 Å². The van der Waals surface area contributed by atoms with Crippen molar-refractivity contribution in [2.45, 2.75) is 0 Å². The molecule has 0 saturated heterocycles. The highest BCUT2D eigenvalue weighted by Gasteiger charge is 2.08. The van der Waals surface area contributed by atoms with Gasteiger partial charge in [0.05, 0.1) is 10.6 Å². The highest BCUT2D eigenvalue weighted by Crippen LogP contribution is 2.24. The quantitative estimate of drug-likeness (QED) is 0.895. The Balaban J connectivity index is 2.27. The van der Waals surface area contributed by atoms with Gasteiger partial charge in [0.25, 0.3) is 0 Å². The Morgan fingerprint density at radius 1 is 1.39 bits per heavy atom. The molecule has 1 aromatic heterocycles. The van der Waals surface area contributed by atoms with Crippen molar-refractivity contribution in [1.82, 2.24) is 4.98 Å². The van der Waals surface area contributed by atoms with Crippen LogP contribution in [0.2, 0.25) is 5.02 Å². The number of aromatic nitrogens is 1. The first kappa shape index (κ1) is 12.3. The maximum atomic E-state index is 13.0. The minimum Gasteiger partial charge on any atom is -0.478 e. The van der Waals surface area contributed by atoms with E-state index in [1.807, 2.05) is 0 Å². The van der Waals surface area contributed by atoms with Gasteiger partial charge >= 0.3 is 5.97 Å². The third-order valence-corrected chi connectivity index (χ3v) is 2.46. The second kappa shape index (κ2) is 5.01. The number of benzene rings is 1. The number of nitrogens with one attached hydrogen (secondary N) is 1. The maximum absolute atomic E-state index is 13.0. The number of rotatable bonds is 3. The van der Waals surface area contributed by atoms with Crippen molar-refractivity contribution < 1.29 is 14.3 Å². The maximum Gasteiger partial charge on any atom is 0.337 e. The van der Waals surface area contributed by atoms with Crippen LogP contribution in [0.1, 0.15) is 10.4 Å². The summed E-state index contributed by atoms with van der Waals surface area (Å²) in [7, 11) is 0. The predicted octanol–water partition coefficient (Wildman–Crippen LogP) is 3.32. The number of hydrogen-bond acceptors (Lipinski definition) is 3. The molecule has 2 aromatic rings. The minimum absolute atomic E-state index is 0.00945. The highest BCUT2D eigenvalue weighted by atomic mass is 35.5. The van der Waals surface area contributed by atoms with Gasteiger partial charge in [0.2, 0.25) is 0 Å². The number of anilines is 2. The third-order valence-electron chi connectivity index (χ3n) is 2.18. The first-order valence-corrected chi connectivity index (χ1v) is 5.35. The van der Waals surface area contributed by atoms with E-state index in [1.54, 1.807) is 6.07 Å². The molecule has 0 radical (unpaired) electrons. The summed E-state index contributed by atoms with van der Waals surface area (Å²) < 4.78 is 13.0. The van der Waals surface area contributed by atoms with Crippen molar-refractivity contribution >= 4 is 29.1 Å². The lowest BCUT2D eigenvalue weighted by Gasteiger charge is -2.07. The lowest BCUT2D eigenvalue weighted by Crippen LogP contribution is -2.00. The molecule has 2 rings (SSSR count). The van der Waals surface area contributed by atoms with Crippen LogP contribution in [0.4, 0.5) is 15.9 Å². The van der Waals surface area contributed by atoms with Crippen LogP contribution >= 0.6 is 11.6 Å². The van der Waals surface area contributed by atoms with E-state index in [1.165, 1.54) is 30.5 Å². The molecular formula is C12H8ClFN2O2. The van der Waals surface area contributed by atoms with Crippen molar-refractivity contribution in [3.8, 4) is 0 Å². The molecule has 4 nitrogen and oxygen atoms in total. The number of hydrogen-bond donors (Lipinski definition) is 2. The zero-order valence-electron chi connectivity index (χ0n) is 9.02. The van der Waals surface area contributed by atoms with E-state index in [9.17, 15) is 9.18 Å². The predicted molar refractivity (Wildman–Crippen MR) is 65.9 cm³/mol. The number of carbonyl (C=O) groups is 1. The Hall–Kier alpha value is -2.14. The van der Waals surface area contributed by atoms with Crippen molar-refractivity contribution in [3.05, 3.63) is 52.9 Å². The molecule has 0 aliphatic carbocycles. The minimum atomic E-state index is -1.11. The summed E-state index contributed by atoms with van der Waals surface area (Å²) >= 11 is 5.88. The number of carboxylic acids is 1. The summed E-state index contributed by atoms with van der Waals surface area (Å²) in [5.74, 6) is -1.23. The van der Waals surface area contributed by atoms with Crippen molar-refractivity contribution in [2.24, 2.45) is 0 Å². The SMILES string of the molecule is O=C(O)c1cnc(Nc2cccc(F)c2)c(Cl)c1. The molecule has 0 aliphatic rings. The topological polar surface area (TPSA) is 62.2 Å². The van der Waals surface area contributed by atoms with Gasteiger partial charge in [-0.15, -0.1) is 0 Å². The lowest BCUT2D eigenvalue weighted by molar-refractivity contribution is 0.0696. The summed E-state index contributed by atoms with van der Waals surface area (Å²) in [5, 5.41) is 11.7. The second-order valence-electron chi connectivity index (χ2n) is 3.49. The smallest absolute Gasteiger partial charge is 0.337 e. The van der Waals surface area contributed by atoms with Crippen LogP contribution < -0.4 is 5.32 Å². The Morgan fingerprint density at radius 2 is 2.17 bits per heavy atom. The Labute approximate surface area is 107 Å². The summed E-state index contributed by atoms with van der Waals surface area (Å²) in [4.78, 5) is 14.6. The Bertz CT molecular complexity index is 604. The van der Waals surface area contributed by atoms with E-state index in [-0.39, 0.29) is 16.4 Å². The second-order valence-corrected chi connectivity index (χ2v) is 3.90. The Kier molecular flexibility index (Phi) is 3.43. The molecule has 92 valence electrons. The van der Waals surface area contributed by atoms with Gasteiger partial charge in [-0.3, -0.25) is 0 Å². The number of aromatic carboxylic acids is 1. The van der Waals surface area contributed by atoms with Gasteiger partial charge in [-0.2, -0.15) is 0 Å². The molecule has 0 fully saturated rings. The van der Waals surface area contributed by atoms with E-state index in [0.29, 0.717) is 5.69 Å². The zero-order valence-corrected chi connectivity index (χ0v) is 9.78. The number of nitrogens with zero attached hydrogens (tertiary/aromatic N) is 1. The molecule has 0 aliphatic heterocycles. The molecular weight excluding hydrogens is 259 g/mol. The molecule has 1 heterocycles. The molecule has 0 atom stereocenters. The molecule has 6 heteroatoms. The number of halogens is 2. The van der Waals surface area contributed by atoms with Gasteiger partial charge in [0, 0.05) is 11.9 Å². The molecule has 18 heavy (non-hydrogen) atoms. The fourth-order valence-electron chi connectivity index (χ4n) is 1.35. The monoisotopic (exact) mass is 266 g/mol. The van der Waals surface area contributed by atoms with Crippen LogP contribution in [0.5, 0.6) is 0 Å². The molecule has 0 bridgehead atoms. The molecule has 1 aromatic carbocycles. The standard InChI is InChI=1S/C12H8ClFN2O2/c13-10-4-7(12(17)18)6-15-11(10)16-9-3-1-2-8(14)5-9/h1-6H,(H,15,16)(H,17,18). The van der Waals surface area contributed by atoms with Gasteiger partial charge in [-0.25, -0.2) is 14.2 Å². The van der Waals surface area contributed by atoms with Crippen molar-refractivity contribution in [1.29, 1.82) is 0 Å². The summed E-state index contributed by atoms with van der Waals surface area (Å²) in [6.45, 7) is 0. The van der Waals surface area contributed by atoms with E-state index in [0.717, 1.165) is 0 Å². The van der Waals surface area contributed by atoms with Crippen LogP contribution in [0.25, 0.3) is 0 Å². The van der Waals surface area contributed by atoms with Crippen LogP contribution in [-0.4, -0.2) is 16.1 Å². The summed E-state index contributed by atoms with van der Waals surface area (Å²) in [6, 6.07) is 7.05. The van der Waals surface area contributed by atoms with E-state index < -0.39 is 11.8 Å². The first-order chi connectivity index (χ1) is 8.56. The van der Waals surface area contributed by atoms with E-state index in [2.05, 4.69) is 10.3 Å². The van der Waals surface area contributed by atoms with Crippen LogP contribution in [0, 0.1) is 5.82 Å². The summed E-state index contributed by atoms with van der Waals surface area (Å²) in [5.41, 5.74) is 0.470. The van der Waals surface area contributed by atoms with Crippen LogP contribution in [0.3, 0.4) is 0 Å². The molecule has 2 N–H and O–H groups in total. The largest absolute Gasteiger partial charge is 0.478 e. The highest BCUT2D eigenvalue weighted by molar-refractivity contribution is 6.33. The average molecular weight is 267 g/mol. The fraction of sp³-hybridized carbons (Fsp3) is 0. The normalized spacial score (nSPS) is 10.1. The molecule has 0 spiro atoms.